The second-order valence-corrected chi connectivity index (χ2v) is 2.71. The van der Waals surface area contributed by atoms with Gasteiger partial charge in [-0.2, -0.15) is 0 Å². The summed E-state index contributed by atoms with van der Waals surface area (Å²) in [7, 11) is 0. The van der Waals surface area contributed by atoms with Crippen molar-refractivity contribution in [3.05, 3.63) is 0 Å². The molecule has 0 aromatic heterocycles. The number of nitrogens with two attached hydrogens (primary N) is 1. The molecule has 0 rings (SSSR count). The first kappa shape index (κ1) is 9.94. The molecule has 4 N–H and O–H groups in total. The lowest BCUT2D eigenvalue weighted by atomic mass is 10.1. The van der Waals surface area contributed by atoms with E-state index in [2.05, 4.69) is 5.32 Å². The molecule has 0 aliphatic carbocycles. The average molecular weight is 157 g/mol. The third-order valence-electron chi connectivity index (χ3n) is 1.33. The summed E-state index contributed by atoms with van der Waals surface area (Å²) < 4.78 is 0. The smallest absolute Gasteiger partial charge is 0.185 e. The number of hydrogen-bond acceptors (Lipinski definition) is 2. The van der Waals surface area contributed by atoms with Crippen LogP contribution in [0.2, 0.25) is 0 Å². The second kappa shape index (κ2) is 4.71. The van der Waals surface area contributed by atoms with Gasteiger partial charge in [0, 0.05) is 18.9 Å². The van der Waals surface area contributed by atoms with Crippen molar-refractivity contribution in [3.8, 4) is 0 Å². The minimum absolute atomic E-state index is 0.0729. The van der Waals surface area contributed by atoms with Crippen molar-refractivity contribution in [1.29, 1.82) is 5.41 Å². The molecule has 0 aromatic carbocycles. The fraction of sp³-hybridized carbons (Fsp3) is 0.714. The van der Waals surface area contributed by atoms with Gasteiger partial charge in [0.1, 0.15) is 5.78 Å². The molecule has 0 bridgehead atoms. The molecule has 0 aromatic rings. The van der Waals surface area contributed by atoms with Crippen LogP contribution in [-0.4, -0.2) is 18.3 Å². The molecule has 0 amide bonds. The standard InChI is InChI=1S/C7H15N3O/c1-5(2)6(11)3-4-10-7(8)9/h5H,3-4H2,1-2H3,(H4,8,9,10). The highest BCUT2D eigenvalue weighted by Crippen LogP contribution is 1.96. The molecule has 64 valence electrons. The van der Waals surface area contributed by atoms with Crippen molar-refractivity contribution >= 4 is 11.7 Å². The molecule has 0 unspecified atom stereocenters. The number of carbonyl (C=O) groups excluding carboxylic acids is 1. The van der Waals surface area contributed by atoms with Gasteiger partial charge in [0.2, 0.25) is 0 Å². The Morgan fingerprint density at radius 2 is 2.18 bits per heavy atom. The quantitative estimate of drug-likeness (QED) is 0.399. The zero-order valence-corrected chi connectivity index (χ0v) is 6.98. The van der Waals surface area contributed by atoms with Gasteiger partial charge in [0.25, 0.3) is 0 Å². The van der Waals surface area contributed by atoms with E-state index in [1.54, 1.807) is 0 Å². The Morgan fingerprint density at radius 3 is 2.55 bits per heavy atom. The van der Waals surface area contributed by atoms with Crippen LogP contribution in [0, 0.1) is 11.3 Å². The Balaban J connectivity index is 3.39. The van der Waals surface area contributed by atoms with Gasteiger partial charge in [-0.3, -0.25) is 10.2 Å². The van der Waals surface area contributed by atoms with Gasteiger partial charge < -0.3 is 11.1 Å². The van der Waals surface area contributed by atoms with E-state index < -0.39 is 0 Å². The fourth-order valence-corrected chi connectivity index (χ4v) is 0.609. The summed E-state index contributed by atoms with van der Waals surface area (Å²) >= 11 is 0. The zero-order valence-electron chi connectivity index (χ0n) is 6.98. The summed E-state index contributed by atoms with van der Waals surface area (Å²) in [6.45, 7) is 4.18. The summed E-state index contributed by atoms with van der Waals surface area (Å²) in [5.74, 6) is 0.184. The van der Waals surface area contributed by atoms with E-state index in [1.165, 1.54) is 0 Å². The molecular formula is C7H15N3O. The van der Waals surface area contributed by atoms with Crippen LogP contribution in [0.1, 0.15) is 20.3 Å². The first-order chi connectivity index (χ1) is 5.04. The van der Waals surface area contributed by atoms with Gasteiger partial charge in [-0.05, 0) is 0 Å². The van der Waals surface area contributed by atoms with Crippen LogP contribution in [0.4, 0.5) is 0 Å². The predicted molar refractivity (Wildman–Crippen MR) is 44.4 cm³/mol. The Morgan fingerprint density at radius 1 is 1.64 bits per heavy atom. The van der Waals surface area contributed by atoms with Crippen LogP contribution < -0.4 is 11.1 Å². The van der Waals surface area contributed by atoms with E-state index in [-0.39, 0.29) is 17.7 Å². The minimum Gasteiger partial charge on any atom is -0.370 e. The summed E-state index contributed by atoms with van der Waals surface area (Å²) in [5.41, 5.74) is 5.02. The van der Waals surface area contributed by atoms with Crippen LogP contribution in [0.3, 0.4) is 0 Å². The molecule has 0 saturated carbocycles. The number of hydrogen-bond donors (Lipinski definition) is 3. The number of ketones is 1. The van der Waals surface area contributed by atoms with Crippen LogP contribution in [0.5, 0.6) is 0 Å². The van der Waals surface area contributed by atoms with E-state index in [9.17, 15) is 4.79 Å². The van der Waals surface area contributed by atoms with Gasteiger partial charge in [-0.1, -0.05) is 13.8 Å². The fourth-order valence-electron chi connectivity index (χ4n) is 0.609. The lowest BCUT2D eigenvalue weighted by Crippen LogP contribution is -2.32. The third kappa shape index (κ3) is 5.39. The molecule has 0 saturated heterocycles. The van der Waals surface area contributed by atoms with Crippen molar-refractivity contribution in [2.24, 2.45) is 11.7 Å². The van der Waals surface area contributed by atoms with Crippen molar-refractivity contribution in [3.63, 3.8) is 0 Å². The highest BCUT2D eigenvalue weighted by Gasteiger charge is 2.05. The third-order valence-corrected chi connectivity index (χ3v) is 1.33. The van der Waals surface area contributed by atoms with Crippen molar-refractivity contribution < 1.29 is 4.79 Å². The van der Waals surface area contributed by atoms with Gasteiger partial charge >= 0.3 is 0 Å². The molecule has 0 aliphatic heterocycles. The number of rotatable bonds is 4. The van der Waals surface area contributed by atoms with Crippen molar-refractivity contribution in [1.82, 2.24) is 5.32 Å². The van der Waals surface area contributed by atoms with Crippen molar-refractivity contribution in [2.45, 2.75) is 20.3 Å². The minimum atomic E-state index is -0.0819. The maximum atomic E-state index is 11.0. The maximum Gasteiger partial charge on any atom is 0.185 e. The maximum absolute atomic E-state index is 11.0. The van der Waals surface area contributed by atoms with E-state index >= 15 is 0 Å². The Bertz CT molecular complexity index is 154. The predicted octanol–water partition coefficient (Wildman–Crippen LogP) is 0.0847. The summed E-state index contributed by atoms with van der Waals surface area (Å²) in [6.07, 6.45) is 0.442. The van der Waals surface area contributed by atoms with Crippen LogP contribution >= 0.6 is 0 Å². The highest BCUT2D eigenvalue weighted by molar-refractivity contribution is 5.81. The molecule has 0 fully saturated rings. The Labute approximate surface area is 66.7 Å². The van der Waals surface area contributed by atoms with E-state index in [1.807, 2.05) is 13.8 Å². The second-order valence-electron chi connectivity index (χ2n) is 2.71. The van der Waals surface area contributed by atoms with Gasteiger partial charge in [0.15, 0.2) is 5.96 Å². The van der Waals surface area contributed by atoms with E-state index in [0.717, 1.165) is 0 Å². The number of Topliss-reactive ketones (excluding diaryl/α,β-unsaturated/α-hetero) is 1. The molecule has 0 aliphatic rings. The van der Waals surface area contributed by atoms with Gasteiger partial charge in [-0.15, -0.1) is 0 Å². The first-order valence-electron chi connectivity index (χ1n) is 3.64. The van der Waals surface area contributed by atoms with Crippen LogP contribution in [-0.2, 0) is 4.79 Å². The van der Waals surface area contributed by atoms with Crippen LogP contribution in [0.15, 0.2) is 0 Å². The lowest BCUT2D eigenvalue weighted by molar-refractivity contribution is -0.121. The molecule has 0 atom stereocenters. The van der Waals surface area contributed by atoms with Gasteiger partial charge in [0.05, 0.1) is 0 Å². The Hall–Kier alpha value is -1.06. The van der Waals surface area contributed by atoms with Crippen LogP contribution in [0.25, 0.3) is 0 Å². The largest absolute Gasteiger partial charge is 0.370 e. The molecule has 0 spiro atoms. The topological polar surface area (TPSA) is 79.0 Å². The van der Waals surface area contributed by atoms with E-state index in [4.69, 9.17) is 11.1 Å². The molecular weight excluding hydrogens is 142 g/mol. The first-order valence-corrected chi connectivity index (χ1v) is 3.64. The average Bonchev–Trinajstić information content (AvgIpc) is 1.86. The zero-order chi connectivity index (χ0) is 8.85. The summed E-state index contributed by atoms with van der Waals surface area (Å²) in [6, 6.07) is 0. The van der Waals surface area contributed by atoms with Gasteiger partial charge in [-0.25, -0.2) is 0 Å². The number of guanidine groups is 1. The molecule has 0 radical (unpaired) electrons. The normalized spacial score (nSPS) is 9.73. The molecule has 4 nitrogen and oxygen atoms in total. The summed E-state index contributed by atoms with van der Waals surface area (Å²) in [5, 5.41) is 9.37. The lowest BCUT2D eigenvalue weighted by Gasteiger charge is -2.04. The SMILES string of the molecule is CC(C)C(=O)CCNC(=N)N. The Kier molecular flexibility index (Phi) is 4.26. The van der Waals surface area contributed by atoms with Crippen molar-refractivity contribution in [2.75, 3.05) is 6.54 Å². The molecule has 11 heavy (non-hydrogen) atoms. The molecule has 4 heteroatoms. The number of carbonyl (C=O) groups is 1. The highest BCUT2D eigenvalue weighted by atomic mass is 16.1. The molecule has 0 heterocycles. The van der Waals surface area contributed by atoms with E-state index in [0.29, 0.717) is 13.0 Å². The monoisotopic (exact) mass is 157 g/mol. The number of nitrogens with one attached hydrogen (secondary N) is 2. The summed E-state index contributed by atoms with van der Waals surface area (Å²) in [4.78, 5) is 11.0.